The van der Waals surface area contributed by atoms with E-state index in [-0.39, 0.29) is 11.7 Å². The molecule has 0 heterocycles. The number of ether oxygens (including phenoxy) is 1. The van der Waals surface area contributed by atoms with E-state index in [2.05, 4.69) is 0 Å². The lowest BCUT2D eigenvalue weighted by atomic mass is 10.2. The van der Waals surface area contributed by atoms with Gasteiger partial charge < -0.3 is 9.84 Å². The molecule has 0 spiro atoms. The predicted molar refractivity (Wildman–Crippen MR) is 60.0 cm³/mol. The number of aliphatic carboxylic acids is 1. The molecule has 0 bridgehead atoms. The second-order valence-electron chi connectivity index (χ2n) is 4.14. The van der Waals surface area contributed by atoms with Gasteiger partial charge in [-0.2, -0.15) is 11.8 Å². The Hall–Kier alpha value is -0.710. The molecule has 1 N–H and O–H groups in total. The van der Waals surface area contributed by atoms with Crippen molar-refractivity contribution in [2.75, 3.05) is 11.5 Å². The first-order chi connectivity index (χ1) is 6.81. The topological polar surface area (TPSA) is 63.6 Å². The Labute approximate surface area is 94.4 Å². The van der Waals surface area contributed by atoms with Gasteiger partial charge in [0, 0.05) is 6.42 Å². The highest BCUT2D eigenvalue weighted by atomic mass is 32.2. The minimum absolute atomic E-state index is 0.0916. The van der Waals surface area contributed by atoms with Gasteiger partial charge in [0.2, 0.25) is 0 Å². The fourth-order valence-corrected chi connectivity index (χ4v) is 1.54. The summed E-state index contributed by atoms with van der Waals surface area (Å²) in [5.74, 6) is -0.282. The van der Waals surface area contributed by atoms with Crippen molar-refractivity contribution in [2.24, 2.45) is 0 Å². The molecule has 88 valence electrons. The summed E-state index contributed by atoms with van der Waals surface area (Å²) in [5, 5.41) is 8.36. The lowest BCUT2D eigenvalue weighted by Crippen LogP contribution is -2.23. The molecule has 0 aromatic heterocycles. The molecule has 15 heavy (non-hydrogen) atoms. The average Bonchev–Trinajstić information content (AvgIpc) is 1.99. The van der Waals surface area contributed by atoms with Crippen molar-refractivity contribution < 1.29 is 19.4 Å². The monoisotopic (exact) mass is 234 g/mol. The Morgan fingerprint density at radius 3 is 2.40 bits per heavy atom. The van der Waals surface area contributed by atoms with Crippen LogP contribution >= 0.6 is 11.8 Å². The Morgan fingerprint density at radius 1 is 1.33 bits per heavy atom. The zero-order chi connectivity index (χ0) is 11.9. The SMILES string of the molecule is CC(C)(C)OC(=O)CCCSCC(=O)O. The number of carboxylic acids is 1. The van der Waals surface area contributed by atoms with Crippen LogP contribution in [0, 0.1) is 0 Å². The van der Waals surface area contributed by atoms with Crippen LogP contribution in [0.2, 0.25) is 0 Å². The number of thioether (sulfide) groups is 1. The highest BCUT2D eigenvalue weighted by Crippen LogP contribution is 2.10. The third-order valence-electron chi connectivity index (χ3n) is 1.32. The molecule has 5 heteroatoms. The molecule has 0 saturated carbocycles. The number of rotatable bonds is 6. The zero-order valence-electron chi connectivity index (χ0n) is 9.41. The second-order valence-corrected chi connectivity index (χ2v) is 5.24. The van der Waals surface area contributed by atoms with Crippen LogP contribution in [0.25, 0.3) is 0 Å². The van der Waals surface area contributed by atoms with Crippen LogP contribution in [-0.2, 0) is 14.3 Å². The number of carbonyl (C=O) groups excluding carboxylic acids is 1. The Balaban J connectivity index is 3.44. The molecule has 0 unspecified atom stereocenters. The van der Waals surface area contributed by atoms with Crippen molar-refractivity contribution in [3.05, 3.63) is 0 Å². The van der Waals surface area contributed by atoms with Gasteiger partial charge in [0.25, 0.3) is 0 Å². The van der Waals surface area contributed by atoms with E-state index in [1.54, 1.807) is 0 Å². The molecule has 0 atom stereocenters. The molecule has 0 aliphatic rings. The van der Waals surface area contributed by atoms with Gasteiger partial charge in [-0.3, -0.25) is 9.59 Å². The number of carboxylic acid groups (broad SMARTS) is 1. The number of carbonyl (C=O) groups is 2. The maximum atomic E-state index is 11.2. The second kappa shape index (κ2) is 6.71. The van der Waals surface area contributed by atoms with Gasteiger partial charge in [0.05, 0.1) is 5.75 Å². The minimum Gasteiger partial charge on any atom is -0.481 e. The minimum atomic E-state index is -0.822. The highest BCUT2D eigenvalue weighted by molar-refractivity contribution is 7.99. The highest BCUT2D eigenvalue weighted by Gasteiger charge is 2.15. The van der Waals surface area contributed by atoms with Gasteiger partial charge >= 0.3 is 11.9 Å². The molecule has 0 aliphatic heterocycles. The van der Waals surface area contributed by atoms with E-state index in [9.17, 15) is 9.59 Å². The summed E-state index contributed by atoms with van der Waals surface area (Å²) in [5.41, 5.74) is -0.439. The molecule has 4 nitrogen and oxygen atoms in total. The Morgan fingerprint density at radius 2 is 1.93 bits per heavy atom. The summed E-state index contributed by atoms with van der Waals surface area (Å²) in [6.07, 6.45) is 1.01. The molecule has 0 rings (SSSR count). The molecule has 0 aromatic carbocycles. The van der Waals surface area contributed by atoms with Gasteiger partial charge in [-0.05, 0) is 32.9 Å². The van der Waals surface area contributed by atoms with Crippen molar-refractivity contribution in [3.8, 4) is 0 Å². The number of hydrogen-bond donors (Lipinski definition) is 1. The smallest absolute Gasteiger partial charge is 0.313 e. The van der Waals surface area contributed by atoms with Crippen molar-refractivity contribution in [1.82, 2.24) is 0 Å². The van der Waals surface area contributed by atoms with E-state index < -0.39 is 11.6 Å². The van der Waals surface area contributed by atoms with Crippen LogP contribution in [-0.4, -0.2) is 34.2 Å². The average molecular weight is 234 g/mol. The van der Waals surface area contributed by atoms with Crippen LogP contribution in [0.5, 0.6) is 0 Å². The van der Waals surface area contributed by atoms with E-state index in [0.717, 1.165) is 0 Å². The lowest BCUT2D eigenvalue weighted by Gasteiger charge is -2.19. The van der Waals surface area contributed by atoms with E-state index in [1.807, 2.05) is 20.8 Å². The van der Waals surface area contributed by atoms with Crippen LogP contribution in [0.15, 0.2) is 0 Å². The fraction of sp³-hybridized carbons (Fsp3) is 0.800. The van der Waals surface area contributed by atoms with E-state index >= 15 is 0 Å². The molecular weight excluding hydrogens is 216 g/mol. The normalized spacial score (nSPS) is 11.1. The largest absolute Gasteiger partial charge is 0.481 e. The summed E-state index contributed by atoms with van der Waals surface area (Å²) in [4.78, 5) is 21.4. The molecule has 0 fully saturated rings. The lowest BCUT2D eigenvalue weighted by molar-refractivity contribution is -0.154. The van der Waals surface area contributed by atoms with Crippen LogP contribution in [0.4, 0.5) is 0 Å². The first-order valence-electron chi connectivity index (χ1n) is 4.82. The predicted octanol–water partition coefficient (Wildman–Crippen LogP) is 1.93. The molecule has 0 saturated heterocycles. The Bertz CT molecular complexity index is 220. The van der Waals surface area contributed by atoms with Crippen molar-refractivity contribution in [2.45, 2.75) is 39.2 Å². The van der Waals surface area contributed by atoms with Crippen molar-refractivity contribution in [3.63, 3.8) is 0 Å². The van der Waals surface area contributed by atoms with E-state index in [4.69, 9.17) is 9.84 Å². The van der Waals surface area contributed by atoms with E-state index in [1.165, 1.54) is 11.8 Å². The van der Waals surface area contributed by atoms with Crippen LogP contribution < -0.4 is 0 Å². The fourth-order valence-electron chi connectivity index (χ4n) is 0.871. The summed E-state index contributed by atoms with van der Waals surface area (Å²) >= 11 is 1.31. The first-order valence-corrected chi connectivity index (χ1v) is 5.98. The van der Waals surface area contributed by atoms with Crippen molar-refractivity contribution in [1.29, 1.82) is 0 Å². The Kier molecular flexibility index (Phi) is 6.40. The molecule has 0 amide bonds. The standard InChI is InChI=1S/C10H18O4S/c1-10(2,3)14-9(13)5-4-6-15-7-8(11)12/h4-7H2,1-3H3,(H,11,12). The third kappa shape index (κ3) is 11.2. The number of esters is 1. The molecule has 0 radical (unpaired) electrons. The molecular formula is C10H18O4S. The van der Waals surface area contributed by atoms with Gasteiger partial charge in [-0.25, -0.2) is 0 Å². The maximum Gasteiger partial charge on any atom is 0.313 e. The van der Waals surface area contributed by atoms with Gasteiger partial charge in [0.15, 0.2) is 0 Å². The molecule has 0 aliphatic carbocycles. The van der Waals surface area contributed by atoms with Crippen LogP contribution in [0.3, 0.4) is 0 Å². The van der Waals surface area contributed by atoms with E-state index in [0.29, 0.717) is 18.6 Å². The first kappa shape index (κ1) is 14.3. The molecule has 0 aromatic rings. The zero-order valence-corrected chi connectivity index (χ0v) is 10.2. The van der Waals surface area contributed by atoms with Crippen LogP contribution in [0.1, 0.15) is 33.6 Å². The summed E-state index contributed by atoms with van der Waals surface area (Å²) in [7, 11) is 0. The quantitative estimate of drug-likeness (QED) is 0.562. The summed E-state index contributed by atoms with van der Waals surface area (Å²) in [6, 6.07) is 0. The summed E-state index contributed by atoms with van der Waals surface area (Å²) in [6.45, 7) is 5.47. The third-order valence-corrected chi connectivity index (χ3v) is 2.34. The van der Waals surface area contributed by atoms with Gasteiger partial charge in [-0.1, -0.05) is 0 Å². The van der Waals surface area contributed by atoms with Gasteiger partial charge in [-0.15, -0.1) is 0 Å². The van der Waals surface area contributed by atoms with Crippen molar-refractivity contribution >= 4 is 23.7 Å². The maximum absolute atomic E-state index is 11.2. The summed E-state index contributed by atoms with van der Waals surface area (Å²) < 4.78 is 5.10. The van der Waals surface area contributed by atoms with Gasteiger partial charge in [0.1, 0.15) is 5.60 Å². The number of hydrogen-bond acceptors (Lipinski definition) is 4.